The number of hydrogen-bond acceptors (Lipinski definition) is 1. The van der Waals surface area contributed by atoms with Gasteiger partial charge in [0.1, 0.15) is 0 Å². The van der Waals surface area contributed by atoms with Gasteiger partial charge in [0, 0.05) is 6.54 Å². The Morgan fingerprint density at radius 3 is 2.57 bits per heavy atom. The van der Waals surface area contributed by atoms with Crippen LogP contribution in [0.3, 0.4) is 0 Å². The molecule has 1 nitrogen and oxygen atoms in total. The van der Waals surface area contributed by atoms with Crippen LogP contribution in [0.5, 0.6) is 0 Å². The Labute approximate surface area is 49.5 Å². The van der Waals surface area contributed by atoms with Gasteiger partial charge < -0.3 is 0 Å². The minimum Gasteiger partial charge on any atom is -0.229 e. The van der Waals surface area contributed by atoms with E-state index in [-0.39, 0.29) is 0 Å². The lowest BCUT2D eigenvalue weighted by atomic mass is 10.2. The van der Waals surface area contributed by atoms with Gasteiger partial charge in [0.25, 0.3) is 0 Å². The van der Waals surface area contributed by atoms with Crippen LogP contribution in [0.2, 0.25) is 0 Å². The van der Waals surface area contributed by atoms with Gasteiger partial charge in [-0.1, -0.05) is 19.1 Å². The second kappa shape index (κ2) is 4.16. The Hall–Kier alpha value is -0.0100. The quantitative estimate of drug-likeness (QED) is 0.441. The Morgan fingerprint density at radius 2 is 2.43 bits per heavy atom. The molecule has 0 aliphatic heterocycles. The lowest BCUT2D eigenvalue weighted by Gasteiger charge is -1.94. The fraction of sp³-hybridized carbons (Fsp3) is 0.600. The molecule has 0 aromatic rings. The molecule has 0 atom stereocenters. The molecule has 0 unspecified atom stereocenters. The van der Waals surface area contributed by atoms with Gasteiger partial charge in [-0.15, -0.1) is 0 Å². The maximum Gasteiger partial charge on any atom is 0.0315 e. The molecule has 0 saturated carbocycles. The summed E-state index contributed by atoms with van der Waals surface area (Å²) in [7, 11) is 0. The lowest BCUT2D eigenvalue weighted by molar-refractivity contribution is 0.959. The Bertz CT molecular complexity index is 61.1. The molecule has 0 bridgehead atoms. The molecule has 0 rings (SSSR count). The zero-order valence-electron chi connectivity index (χ0n) is 4.50. The van der Waals surface area contributed by atoms with Crippen LogP contribution in [0.25, 0.3) is 0 Å². The van der Waals surface area contributed by atoms with E-state index in [9.17, 15) is 0 Å². The summed E-state index contributed by atoms with van der Waals surface area (Å²) in [5.41, 5.74) is 1.13. The van der Waals surface area contributed by atoms with E-state index >= 15 is 0 Å². The molecule has 7 heavy (non-hydrogen) atoms. The molecule has 0 saturated heterocycles. The van der Waals surface area contributed by atoms with Gasteiger partial charge in [-0.2, -0.15) is 0 Å². The van der Waals surface area contributed by atoms with Crippen LogP contribution in [0.15, 0.2) is 12.2 Å². The van der Waals surface area contributed by atoms with Crippen LogP contribution in [0, 0.1) is 0 Å². The topological polar surface area (TPSA) is 12.0 Å². The van der Waals surface area contributed by atoms with Crippen molar-refractivity contribution in [2.24, 2.45) is 0 Å². The van der Waals surface area contributed by atoms with Crippen molar-refractivity contribution < 1.29 is 0 Å². The van der Waals surface area contributed by atoms with E-state index in [1.165, 1.54) is 0 Å². The molecule has 42 valence electrons. The third-order valence-corrected chi connectivity index (χ3v) is 0.950. The first-order valence-corrected chi connectivity index (χ1v) is 2.69. The first-order valence-electron chi connectivity index (χ1n) is 2.31. The average Bonchev–Trinajstić information content (AvgIpc) is 1.68. The minimum atomic E-state index is 0.720. The Morgan fingerprint density at radius 1 is 1.86 bits per heavy atom. The summed E-state index contributed by atoms with van der Waals surface area (Å²) in [5.74, 6) is 0. The van der Waals surface area contributed by atoms with Gasteiger partial charge in [0.05, 0.1) is 0 Å². The van der Waals surface area contributed by atoms with E-state index in [0.29, 0.717) is 0 Å². The number of halogens is 1. The summed E-state index contributed by atoms with van der Waals surface area (Å²) in [6.07, 6.45) is 1.000. The fourth-order valence-corrected chi connectivity index (χ4v) is 0.408. The predicted octanol–water partition coefficient (Wildman–Crippen LogP) is 1.70. The van der Waals surface area contributed by atoms with Gasteiger partial charge in [-0.25, -0.2) is 4.84 Å². The van der Waals surface area contributed by atoms with Crippen molar-refractivity contribution in [2.75, 3.05) is 6.54 Å². The van der Waals surface area contributed by atoms with Gasteiger partial charge in [0.2, 0.25) is 0 Å². The zero-order valence-corrected chi connectivity index (χ0v) is 5.26. The average molecular weight is 120 g/mol. The van der Waals surface area contributed by atoms with E-state index < -0.39 is 0 Å². The van der Waals surface area contributed by atoms with Crippen LogP contribution in [-0.2, 0) is 0 Å². The van der Waals surface area contributed by atoms with Gasteiger partial charge in [-0.05, 0) is 18.2 Å². The van der Waals surface area contributed by atoms with E-state index in [4.69, 9.17) is 11.8 Å². The smallest absolute Gasteiger partial charge is 0.0315 e. The normalized spacial score (nSPS) is 8.86. The van der Waals surface area contributed by atoms with E-state index in [0.717, 1.165) is 18.5 Å². The standard InChI is InChI=1S/C5H10ClN/c1-3-5(2)4-7-6/h7H,2-4H2,1H3. The molecule has 0 aromatic carbocycles. The first-order chi connectivity index (χ1) is 3.31. The van der Waals surface area contributed by atoms with E-state index in [1.54, 1.807) is 0 Å². The summed E-state index contributed by atoms with van der Waals surface area (Å²) >= 11 is 5.16. The van der Waals surface area contributed by atoms with Gasteiger partial charge in [-0.3, -0.25) is 0 Å². The van der Waals surface area contributed by atoms with Gasteiger partial charge in [0.15, 0.2) is 0 Å². The van der Waals surface area contributed by atoms with Crippen molar-refractivity contribution >= 4 is 11.8 Å². The molecule has 0 radical (unpaired) electrons. The Balaban J connectivity index is 3.00. The summed E-state index contributed by atoms with van der Waals surface area (Å²) in [4.78, 5) is 2.49. The second-order valence-electron chi connectivity index (χ2n) is 1.41. The van der Waals surface area contributed by atoms with Crippen molar-refractivity contribution in [3.63, 3.8) is 0 Å². The van der Waals surface area contributed by atoms with Crippen LogP contribution in [0.1, 0.15) is 13.3 Å². The van der Waals surface area contributed by atoms with E-state index in [1.807, 2.05) is 0 Å². The molecule has 0 aliphatic rings. The van der Waals surface area contributed by atoms with Crippen molar-refractivity contribution in [3.8, 4) is 0 Å². The minimum absolute atomic E-state index is 0.720. The predicted molar refractivity (Wildman–Crippen MR) is 33.3 cm³/mol. The fourth-order valence-electron chi connectivity index (χ4n) is 0.219. The number of rotatable bonds is 3. The number of hydrogen-bond donors (Lipinski definition) is 1. The third-order valence-electron chi connectivity index (χ3n) is 0.817. The highest BCUT2D eigenvalue weighted by atomic mass is 35.5. The largest absolute Gasteiger partial charge is 0.229 e. The maximum atomic E-state index is 5.16. The molecular formula is C5H10ClN. The summed E-state index contributed by atoms with van der Waals surface area (Å²) in [6, 6.07) is 0. The summed E-state index contributed by atoms with van der Waals surface area (Å²) < 4.78 is 0. The molecule has 0 fully saturated rings. The van der Waals surface area contributed by atoms with Crippen molar-refractivity contribution in [1.82, 2.24) is 4.84 Å². The molecule has 0 aliphatic carbocycles. The number of nitrogens with one attached hydrogen (secondary N) is 1. The molecular weight excluding hydrogens is 110 g/mol. The Kier molecular flexibility index (Phi) is 4.15. The highest BCUT2D eigenvalue weighted by Crippen LogP contribution is 1.92. The van der Waals surface area contributed by atoms with Crippen molar-refractivity contribution in [2.45, 2.75) is 13.3 Å². The van der Waals surface area contributed by atoms with Crippen LogP contribution in [0.4, 0.5) is 0 Å². The molecule has 0 heterocycles. The molecule has 0 amide bonds. The lowest BCUT2D eigenvalue weighted by Crippen LogP contribution is -2.01. The van der Waals surface area contributed by atoms with Crippen molar-refractivity contribution in [1.29, 1.82) is 0 Å². The second-order valence-corrected chi connectivity index (χ2v) is 1.68. The molecule has 1 N–H and O–H groups in total. The monoisotopic (exact) mass is 119 g/mol. The van der Waals surface area contributed by atoms with Crippen molar-refractivity contribution in [3.05, 3.63) is 12.2 Å². The van der Waals surface area contributed by atoms with Gasteiger partial charge >= 0.3 is 0 Å². The molecule has 0 aromatic heterocycles. The van der Waals surface area contributed by atoms with Crippen LogP contribution < -0.4 is 4.84 Å². The summed E-state index contributed by atoms with van der Waals surface area (Å²) in [5, 5.41) is 0. The van der Waals surface area contributed by atoms with E-state index in [2.05, 4.69) is 18.3 Å². The SMILES string of the molecule is C=C(CC)CNCl. The maximum absolute atomic E-state index is 5.16. The highest BCUT2D eigenvalue weighted by Gasteiger charge is 1.83. The third kappa shape index (κ3) is 3.83. The highest BCUT2D eigenvalue weighted by molar-refractivity contribution is 6.13. The molecule has 2 heteroatoms. The zero-order chi connectivity index (χ0) is 5.70. The van der Waals surface area contributed by atoms with Crippen LogP contribution in [-0.4, -0.2) is 6.54 Å². The first kappa shape index (κ1) is 6.99. The summed E-state index contributed by atoms with van der Waals surface area (Å²) in [6.45, 7) is 6.49. The molecule has 0 spiro atoms. The van der Waals surface area contributed by atoms with Crippen LogP contribution >= 0.6 is 11.8 Å².